The molecule has 1 N–H and O–H groups in total. The van der Waals surface area contributed by atoms with Gasteiger partial charge in [-0.1, -0.05) is 12.1 Å². The Balaban J connectivity index is 1.65. The van der Waals surface area contributed by atoms with Crippen LogP contribution in [0.2, 0.25) is 0 Å². The fourth-order valence-corrected chi connectivity index (χ4v) is 5.46. The Bertz CT molecular complexity index is 1850. The SMILES string of the molecule is COC(=O)c1cc(C)c(NC(C)=O)c(N2C(=O)c3ccc(C(C)(c4ccc5c(c4)C(=O)N(C)C5=O)C(F)(F)F)cc3C2=O)c1. The number of alkyl halides is 3. The molecule has 0 radical (unpaired) electrons. The molecule has 0 aromatic heterocycles. The number of imide groups is 2. The number of ether oxygens (including phenoxy) is 1. The number of halogens is 3. The van der Waals surface area contributed by atoms with Crippen LogP contribution in [-0.4, -0.2) is 60.7 Å². The lowest BCUT2D eigenvalue weighted by atomic mass is 9.74. The minimum absolute atomic E-state index is 0.0319. The molecule has 3 aromatic rings. The first-order chi connectivity index (χ1) is 20.5. The van der Waals surface area contributed by atoms with Gasteiger partial charge in [-0.2, -0.15) is 13.2 Å². The van der Waals surface area contributed by atoms with E-state index in [1.165, 1.54) is 33.0 Å². The van der Waals surface area contributed by atoms with Gasteiger partial charge in [-0.3, -0.25) is 28.9 Å². The molecule has 0 bridgehead atoms. The summed E-state index contributed by atoms with van der Waals surface area (Å²) in [5, 5.41) is 2.54. The van der Waals surface area contributed by atoms with E-state index < -0.39 is 52.7 Å². The monoisotopic (exact) mass is 607 g/mol. The van der Waals surface area contributed by atoms with Crippen LogP contribution in [-0.2, 0) is 14.9 Å². The summed E-state index contributed by atoms with van der Waals surface area (Å²) in [5.41, 5.74) is -4.14. The van der Waals surface area contributed by atoms with Crippen molar-refractivity contribution in [3.8, 4) is 0 Å². The topological polar surface area (TPSA) is 130 Å². The molecule has 5 rings (SSSR count). The third-order valence-corrected chi connectivity index (χ3v) is 7.98. The van der Waals surface area contributed by atoms with Crippen molar-refractivity contribution in [1.82, 2.24) is 4.90 Å². The molecule has 10 nitrogen and oxygen atoms in total. The van der Waals surface area contributed by atoms with Crippen LogP contribution in [0.4, 0.5) is 24.5 Å². The van der Waals surface area contributed by atoms with E-state index >= 15 is 0 Å². The van der Waals surface area contributed by atoms with E-state index in [0.717, 1.165) is 55.3 Å². The lowest BCUT2D eigenvalue weighted by molar-refractivity contribution is -0.173. The number of fused-ring (bicyclic) bond motifs is 2. The second-order valence-corrected chi connectivity index (χ2v) is 10.6. The first kappa shape index (κ1) is 30.1. The summed E-state index contributed by atoms with van der Waals surface area (Å²) in [6, 6.07) is 8.96. The maximum Gasteiger partial charge on any atom is 0.402 e. The lowest BCUT2D eigenvalue weighted by Gasteiger charge is -2.33. The number of esters is 1. The molecule has 2 aliphatic rings. The number of methoxy groups -OCH3 is 1. The van der Waals surface area contributed by atoms with Crippen molar-refractivity contribution in [2.45, 2.75) is 32.4 Å². The van der Waals surface area contributed by atoms with Crippen LogP contribution < -0.4 is 10.2 Å². The molecule has 3 aromatic carbocycles. The molecule has 2 aliphatic heterocycles. The lowest BCUT2D eigenvalue weighted by Crippen LogP contribution is -2.41. The van der Waals surface area contributed by atoms with Crippen molar-refractivity contribution in [2.24, 2.45) is 0 Å². The minimum atomic E-state index is -4.96. The molecule has 1 unspecified atom stereocenters. The Labute approximate surface area is 248 Å². The molecule has 5 amide bonds. The molecule has 0 spiro atoms. The molecule has 0 aliphatic carbocycles. The summed E-state index contributed by atoms with van der Waals surface area (Å²) in [6.45, 7) is 3.60. The maximum absolute atomic E-state index is 14.9. The van der Waals surface area contributed by atoms with Crippen molar-refractivity contribution in [3.05, 3.63) is 93.0 Å². The standard InChI is InChI=1S/C31H24F3N3O7/c1-14-10-16(29(43)44-5)11-23(24(14)35-15(2)38)37-27(41)20-9-7-18(13-22(20)28(37)42)30(3,31(32,33)34)17-6-8-19-21(12-17)26(40)36(4)25(19)39/h6-13H,1-5H3,(H,35,38). The number of carbonyl (C=O) groups excluding carboxylic acids is 6. The molecular formula is C31H24F3N3O7. The van der Waals surface area contributed by atoms with Crippen LogP contribution in [0.25, 0.3) is 0 Å². The molecular weight excluding hydrogens is 583 g/mol. The molecule has 2 heterocycles. The van der Waals surface area contributed by atoms with Crippen LogP contribution in [0.1, 0.15) is 82.3 Å². The first-order valence-electron chi connectivity index (χ1n) is 13.1. The summed E-state index contributed by atoms with van der Waals surface area (Å²) >= 11 is 0. The van der Waals surface area contributed by atoms with Gasteiger partial charge in [0, 0.05) is 14.0 Å². The van der Waals surface area contributed by atoms with E-state index in [1.807, 2.05) is 0 Å². The summed E-state index contributed by atoms with van der Waals surface area (Å²) in [4.78, 5) is 77.9. The maximum atomic E-state index is 14.9. The molecule has 0 saturated carbocycles. The number of anilines is 2. The van der Waals surface area contributed by atoms with Crippen molar-refractivity contribution in [2.75, 3.05) is 24.4 Å². The molecule has 226 valence electrons. The summed E-state index contributed by atoms with van der Waals surface area (Å²) in [5.74, 6) is -4.59. The predicted octanol–water partition coefficient (Wildman–Crippen LogP) is 4.63. The molecule has 0 saturated heterocycles. The number of carbonyl (C=O) groups is 6. The zero-order chi connectivity index (χ0) is 32.5. The van der Waals surface area contributed by atoms with Gasteiger partial charge in [0.2, 0.25) is 5.91 Å². The normalized spacial score (nSPS) is 15.7. The number of hydrogen-bond acceptors (Lipinski definition) is 7. The highest BCUT2D eigenvalue weighted by molar-refractivity contribution is 6.35. The largest absolute Gasteiger partial charge is 0.465 e. The minimum Gasteiger partial charge on any atom is -0.465 e. The second-order valence-electron chi connectivity index (χ2n) is 10.6. The van der Waals surface area contributed by atoms with E-state index in [-0.39, 0.29) is 44.8 Å². The Morgan fingerprint density at radius 3 is 1.82 bits per heavy atom. The highest BCUT2D eigenvalue weighted by Gasteiger charge is 2.55. The molecule has 13 heteroatoms. The van der Waals surface area contributed by atoms with Crippen molar-refractivity contribution in [1.29, 1.82) is 0 Å². The van der Waals surface area contributed by atoms with Gasteiger partial charge in [-0.25, -0.2) is 9.69 Å². The van der Waals surface area contributed by atoms with Crippen LogP contribution in [0.15, 0.2) is 48.5 Å². The molecule has 0 fully saturated rings. The average molecular weight is 608 g/mol. The number of benzene rings is 3. The van der Waals surface area contributed by atoms with Gasteiger partial charge in [0.25, 0.3) is 23.6 Å². The first-order valence-corrected chi connectivity index (χ1v) is 13.1. The van der Waals surface area contributed by atoms with Gasteiger partial charge in [0.05, 0.1) is 46.3 Å². The van der Waals surface area contributed by atoms with Crippen molar-refractivity contribution < 1.29 is 46.7 Å². The van der Waals surface area contributed by atoms with Crippen molar-refractivity contribution in [3.63, 3.8) is 0 Å². The summed E-state index contributed by atoms with van der Waals surface area (Å²) in [6.07, 6.45) is -4.96. The Morgan fingerprint density at radius 2 is 1.30 bits per heavy atom. The van der Waals surface area contributed by atoms with E-state index in [9.17, 15) is 41.9 Å². The van der Waals surface area contributed by atoms with E-state index in [4.69, 9.17) is 4.74 Å². The highest BCUT2D eigenvalue weighted by atomic mass is 19.4. The zero-order valence-electron chi connectivity index (χ0n) is 24.0. The van der Waals surface area contributed by atoms with Crippen LogP contribution >= 0.6 is 0 Å². The van der Waals surface area contributed by atoms with E-state index in [0.29, 0.717) is 10.5 Å². The van der Waals surface area contributed by atoms with Gasteiger partial charge >= 0.3 is 12.1 Å². The van der Waals surface area contributed by atoms with Crippen molar-refractivity contribution >= 4 is 46.9 Å². The number of rotatable bonds is 5. The Hall–Kier alpha value is -5.33. The van der Waals surface area contributed by atoms with Gasteiger partial charge in [0.1, 0.15) is 5.41 Å². The molecule has 1 atom stereocenters. The Kier molecular flexibility index (Phi) is 6.95. The summed E-state index contributed by atoms with van der Waals surface area (Å²) in [7, 11) is 2.36. The smallest absolute Gasteiger partial charge is 0.402 e. The average Bonchev–Trinajstić information content (AvgIpc) is 3.35. The van der Waals surface area contributed by atoms with E-state index in [1.54, 1.807) is 0 Å². The number of amides is 5. The highest BCUT2D eigenvalue weighted by Crippen LogP contribution is 2.48. The van der Waals surface area contributed by atoms with Gasteiger partial charge < -0.3 is 10.1 Å². The molecule has 44 heavy (non-hydrogen) atoms. The fraction of sp³-hybridized carbons (Fsp3) is 0.226. The predicted molar refractivity (Wildman–Crippen MR) is 150 cm³/mol. The fourth-order valence-electron chi connectivity index (χ4n) is 5.46. The zero-order valence-corrected chi connectivity index (χ0v) is 24.0. The van der Waals surface area contributed by atoms with Crippen LogP contribution in [0.5, 0.6) is 0 Å². The quantitative estimate of drug-likeness (QED) is 0.331. The number of aryl methyl sites for hydroxylation is 1. The van der Waals surface area contributed by atoms with E-state index in [2.05, 4.69) is 5.32 Å². The van der Waals surface area contributed by atoms with Gasteiger partial charge in [0.15, 0.2) is 0 Å². The number of nitrogens with one attached hydrogen (secondary N) is 1. The summed E-state index contributed by atoms with van der Waals surface area (Å²) < 4.78 is 49.5. The Morgan fingerprint density at radius 1 is 0.795 bits per heavy atom. The third kappa shape index (κ3) is 4.34. The number of hydrogen-bond donors (Lipinski definition) is 1. The van der Waals surface area contributed by atoms with Gasteiger partial charge in [-0.15, -0.1) is 0 Å². The van der Waals surface area contributed by atoms with Crippen LogP contribution in [0, 0.1) is 6.92 Å². The van der Waals surface area contributed by atoms with Crippen LogP contribution in [0.3, 0.4) is 0 Å². The second kappa shape index (κ2) is 10.1. The van der Waals surface area contributed by atoms with Gasteiger partial charge in [-0.05, 0) is 66.9 Å². The third-order valence-electron chi connectivity index (χ3n) is 7.98. The number of nitrogens with zero attached hydrogens (tertiary/aromatic N) is 2.